The average molecular weight is 275 g/mol. The summed E-state index contributed by atoms with van der Waals surface area (Å²) in [5.74, 6) is -0.00533. The summed E-state index contributed by atoms with van der Waals surface area (Å²) in [4.78, 5) is 11.2. The summed E-state index contributed by atoms with van der Waals surface area (Å²) in [5, 5.41) is 18.3. The van der Waals surface area contributed by atoms with Crippen molar-refractivity contribution in [3.8, 4) is 5.88 Å². The van der Waals surface area contributed by atoms with Crippen molar-refractivity contribution < 1.29 is 14.6 Å². The summed E-state index contributed by atoms with van der Waals surface area (Å²) in [6, 6.07) is 7.50. The third-order valence-electron chi connectivity index (χ3n) is 2.87. The van der Waals surface area contributed by atoms with Gasteiger partial charge in [0.1, 0.15) is 0 Å². The maximum atomic E-state index is 11.2. The molecular formula is C14H17N3O3. The fourth-order valence-electron chi connectivity index (χ4n) is 2.10. The predicted octanol–water partition coefficient (Wildman–Crippen LogP) is 4.17. The Morgan fingerprint density at radius 2 is 2.10 bits per heavy atom. The summed E-state index contributed by atoms with van der Waals surface area (Å²) < 4.78 is 6.43. The molecule has 0 spiro atoms. The zero-order valence-corrected chi connectivity index (χ0v) is 11.7. The molecule has 0 atom stereocenters. The molecule has 0 aliphatic rings. The van der Waals surface area contributed by atoms with Crippen molar-refractivity contribution in [2.24, 2.45) is 10.2 Å². The molecule has 0 saturated carbocycles. The molecule has 1 amide bonds. The Morgan fingerprint density at radius 3 is 2.75 bits per heavy atom. The number of hydrogen-bond acceptors (Lipinski definition) is 4. The van der Waals surface area contributed by atoms with Crippen LogP contribution >= 0.6 is 0 Å². The van der Waals surface area contributed by atoms with E-state index in [2.05, 4.69) is 15.0 Å². The molecule has 0 aliphatic carbocycles. The highest BCUT2D eigenvalue weighted by Crippen LogP contribution is 2.40. The van der Waals surface area contributed by atoms with E-state index >= 15 is 0 Å². The lowest BCUT2D eigenvalue weighted by Gasteiger charge is -2.10. The Hall–Kier alpha value is -2.37. The monoisotopic (exact) mass is 275 g/mol. The zero-order chi connectivity index (χ0) is 14.7. The van der Waals surface area contributed by atoms with E-state index in [1.54, 1.807) is 11.5 Å². The van der Waals surface area contributed by atoms with E-state index < -0.39 is 6.09 Å². The Labute approximate surface area is 116 Å². The van der Waals surface area contributed by atoms with E-state index in [-0.39, 0.29) is 24.2 Å². The van der Waals surface area contributed by atoms with E-state index in [0.717, 1.165) is 10.9 Å². The van der Waals surface area contributed by atoms with E-state index in [9.17, 15) is 9.90 Å². The molecule has 1 N–H and O–H groups in total. The second-order valence-corrected chi connectivity index (χ2v) is 4.55. The van der Waals surface area contributed by atoms with Gasteiger partial charge in [0.05, 0.1) is 12.1 Å². The molecule has 1 aromatic heterocycles. The van der Waals surface area contributed by atoms with Crippen molar-refractivity contribution in [1.82, 2.24) is 4.57 Å². The number of nitrogens with zero attached hydrogens (tertiary/aromatic N) is 3. The number of ether oxygens (including phenoxy) is 1. The van der Waals surface area contributed by atoms with Crippen LogP contribution in [0.5, 0.6) is 5.88 Å². The number of amides is 1. The SMILES string of the molecule is CCOC(=O)N=Nc1c(O)n(C(C)C)c2ccccc12. The number of aromatic hydroxyl groups is 1. The van der Waals surface area contributed by atoms with Crippen molar-refractivity contribution >= 4 is 22.7 Å². The molecule has 6 heteroatoms. The van der Waals surface area contributed by atoms with Crippen molar-refractivity contribution in [2.45, 2.75) is 26.8 Å². The number of fused-ring (bicyclic) bond motifs is 1. The minimum Gasteiger partial charge on any atom is -0.493 e. The van der Waals surface area contributed by atoms with Gasteiger partial charge in [0, 0.05) is 11.4 Å². The highest BCUT2D eigenvalue weighted by Gasteiger charge is 2.18. The topological polar surface area (TPSA) is 76.2 Å². The Kier molecular flexibility index (Phi) is 4.02. The fraction of sp³-hybridized carbons (Fsp3) is 0.357. The molecule has 20 heavy (non-hydrogen) atoms. The van der Waals surface area contributed by atoms with Gasteiger partial charge in [0.25, 0.3) is 0 Å². The van der Waals surface area contributed by atoms with Crippen molar-refractivity contribution in [2.75, 3.05) is 6.61 Å². The first-order valence-electron chi connectivity index (χ1n) is 6.46. The number of azo groups is 1. The van der Waals surface area contributed by atoms with Gasteiger partial charge in [-0.1, -0.05) is 23.3 Å². The second kappa shape index (κ2) is 5.73. The highest BCUT2D eigenvalue weighted by molar-refractivity contribution is 5.95. The van der Waals surface area contributed by atoms with E-state index in [1.807, 2.05) is 38.1 Å². The molecule has 2 rings (SSSR count). The van der Waals surface area contributed by atoms with E-state index in [1.165, 1.54) is 0 Å². The number of benzene rings is 1. The summed E-state index contributed by atoms with van der Waals surface area (Å²) in [5.41, 5.74) is 1.13. The fourth-order valence-corrected chi connectivity index (χ4v) is 2.10. The van der Waals surface area contributed by atoms with Crippen LogP contribution in [0.1, 0.15) is 26.8 Å². The lowest BCUT2D eigenvalue weighted by atomic mass is 10.2. The van der Waals surface area contributed by atoms with Crippen LogP contribution in [-0.4, -0.2) is 22.4 Å². The second-order valence-electron chi connectivity index (χ2n) is 4.55. The molecule has 106 valence electrons. The zero-order valence-electron chi connectivity index (χ0n) is 11.7. The van der Waals surface area contributed by atoms with Gasteiger partial charge >= 0.3 is 6.09 Å². The van der Waals surface area contributed by atoms with Crippen LogP contribution in [0.25, 0.3) is 10.9 Å². The van der Waals surface area contributed by atoms with Crippen molar-refractivity contribution in [3.63, 3.8) is 0 Å². The molecule has 0 aliphatic heterocycles. The minimum absolute atomic E-state index is 0.00533. The number of hydrogen-bond donors (Lipinski definition) is 1. The molecule has 1 aromatic carbocycles. The summed E-state index contributed by atoms with van der Waals surface area (Å²) in [6.07, 6.45) is -0.770. The van der Waals surface area contributed by atoms with Crippen molar-refractivity contribution in [1.29, 1.82) is 0 Å². The Bertz CT molecular complexity index is 659. The lowest BCUT2D eigenvalue weighted by Crippen LogP contribution is -1.98. The largest absolute Gasteiger partial charge is 0.493 e. The summed E-state index contributed by atoms with van der Waals surface area (Å²) >= 11 is 0. The molecular weight excluding hydrogens is 258 g/mol. The molecule has 0 unspecified atom stereocenters. The summed E-state index contributed by atoms with van der Waals surface area (Å²) in [6.45, 7) is 5.84. The van der Waals surface area contributed by atoms with Crippen LogP contribution in [0.3, 0.4) is 0 Å². The highest BCUT2D eigenvalue weighted by atomic mass is 16.5. The van der Waals surface area contributed by atoms with Gasteiger partial charge in [-0.2, -0.15) is 0 Å². The van der Waals surface area contributed by atoms with Gasteiger partial charge in [0.15, 0.2) is 5.69 Å². The van der Waals surface area contributed by atoms with Gasteiger partial charge in [-0.15, -0.1) is 5.11 Å². The van der Waals surface area contributed by atoms with Gasteiger partial charge in [0.2, 0.25) is 5.88 Å². The Balaban J connectivity index is 2.53. The first kappa shape index (κ1) is 14.0. The minimum atomic E-state index is -0.770. The third kappa shape index (κ3) is 2.49. The quantitative estimate of drug-likeness (QED) is 0.854. The standard InChI is InChI=1S/C14H17N3O3/c1-4-20-14(19)16-15-12-10-7-5-6-8-11(10)17(9(2)3)13(12)18/h5-9,18H,4H2,1-3H3. The van der Waals surface area contributed by atoms with Gasteiger partial charge in [-0.05, 0) is 26.8 Å². The normalized spacial score (nSPS) is 11.6. The first-order chi connectivity index (χ1) is 9.56. The number of para-hydroxylation sites is 1. The van der Waals surface area contributed by atoms with Crippen LogP contribution in [-0.2, 0) is 4.74 Å². The van der Waals surface area contributed by atoms with Crippen LogP contribution in [0.15, 0.2) is 34.5 Å². The van der Waals surface area contributed by atoms with Gasteiger partial charge in [-0.25, -0.2) is 4.79 Å². The molecule has 6 nitrogen and oxygen atoms in total. The molecule has 0 bridgehead atoms. The van der Waals surface area contributed by atoms with E-state index in [4.69, 9.17) is 0 Å². The molecule has 0 saturated heterocycles. The smallest absolute Gasteiger partial charge is 0.452 e. The van der Waals surface area contributed by atoms with Gasteiger partial charge in [-0.3, -0.25) is 0 Å². The van der Waals surface area contributed by atoms with Crippen LogP contribution in [0.2, 0.25) is 0 Å². The van der Waals surface area contributed by atoms with Crippen molar-refractivity contribution in [3.05, 3.63) is 24.3 Å². The molecule has 2 aromatic rings. The summed E-state index contributed by atoms with van der Waals surface area (Å²) in [7, 11) is 0. The molecule has 0 fully saturated rings. The number of rotatable bonds is 3. The Morgan fingerprint density at radius 1 is 1.40 bits per heavy atom. The molecule has 0 radical (unpaired) electrons. The number of aromatic nitrogens is 1. The van der Waals surface area contributed by atoms with Crippen LogP contribution in [0.4, 0.5) is 10.5 Å². The number of carbonyl (C=O) groups excluding carboxylic acids is 1. The van der Waals surface area contributed by atoms with E-state index in [0.29, 0.717) is 0 Å². The number of carbonyl (C=O) groups is 1. The van der Waals surface area contributed by atoms with Crippen LogP contribution in [0, 0.1) is 0 Å². The lowest BCUT2D eigenvalue weighted by molar-refractivity contribution is 0.162. The first-order valence-corrected chi connectivity index (χ1v) is 6.46. The predicted molar refractivity (Wildman–Crippen MR) is 75.5 cm³/mol. The molecule has 1 heterocycles. The third-order valence-corrected chi connectivity index (χ3v) is 2.87. The maximum Gasteiger partial charge on any atom is 0.452 e. The van der Waals surface area contributed by atoms with Gasteiger partial charge < -0.3 is 14.4 Å². The van der Waals surface area contributed by atoms with Crippen LogP contribution < -0.4 is 0 Å². The average Bonchev–Trinajstić information content (AvgIpc) is 2.68. The maximum absolute atomic E-state index is 11.2.